The smallest absolute Gasteiger partial charge is 0.267 e. The number of hydrogen-bond donors (Lipinski definition) is 1. The van der Waals surface area contributed by atoms with Crippen LogP contribution >= 0.6 is 0 Å². The normalized spacial score (nSPS) is 18.6. The second-order valence-electron chi connectivity index (χ2n) is 7.38. The molecule has 30 heavy (non-hydrogen) atoms. The summed E-state index contributed by atoms with van der Waals surface area (Å²) in [6, 6.07) is 13.6. The van der Waals surface area contributed by atoms with Gasteiger partial charge in [0.15, 0.2) is 5.65 Å². The Hall–Kier alpha value is -3.91. The zero-order valence-electron chi connectivity index (χ0n) is 16.2. The van der Waals surface area contributed by atoms with Crippen molar-refractivity contribution in [1.29, 1.82) is 0 Å². The highest BCUT2D eigenvalue weighted by Crippen LogP contribution is 2.44. The van der Waals surface area contributed by atoms with E-state index in [1.54, 1.807) is 23.6 Å². The van der Waals surface area contributed by atoms with Gasteiger partial charge in [0.05, 0.1) is 41.3 Å². The minimum atomic E-state index is -0.110. The van der Waals surface area contributed by atoms with Crippen molar-refractivity contribution < 1.29 is 9.21 Å². The number of para-hydroxylation sites is 1. The zero-order valence-corrected chi connectivity index (χ0v) is 16.2. The average Bonchev–Trinajstić information content (AvgIpc) is 3.50. The van der Waals surface area contributed by atoms with E-state index in [-0.39, 0.29) is 11.9 Å². The van der Waals surface area contributed by atoms with E-state index in [0.717, 1.165) is 28.3 Å². The highest BCUT2D eigenvalue weighted by atomic mass is 16.3. The van der Waals surface area contributed by atoms with E-state index in [1.165, 1.54) is 0 Å². The first kappa shape index (κ1) is 17.0. The number of aromatic nitrogens is 3. The zero-order chi connectivity index (χ0) is 20.2. The summed E-state index contributed by atoms with van der Waals surface area (Å²) in [6.45, 7) is 2.67. The van der Waals surface area contributed by atoms with Crippen LogP contribution in [0.15, 0.2) is 77.4 Å². The van der Waals surface area contributed by atoms with E-state index in [4.69, 9.17) is 4.42 Å². The van der Waals surface area contributed by atoms with Gasteiger partial charge >= 0.3 is 0 Å². The van der Waals surface area contributed by atoms with Crippen LogP contribution in [-0.4, -0.2) is 32.1 Å². The molecule has 1 unspecified atom stereocenters. The quantitative estimate of drug-likeness (QED) is 0.567. The number of benzene rings is 1. The van der Waals surface area contributed by atoms with Crippen LogP contribution in [0.2, 0.25) is 0 Å². The Morgan fingerprint density at radius 1 is 1.13 bits per heavy atom. The maximum Gasteiger partial charge on any atom is 0.267 e. The summed E-state index contributed by atoms with van der Waals surface area (Å²) in [6.07, 6.45) is 7.12. The molecular weight excluding hydrogens is 380 g/mol. The van der Waals surface area contributed by atoms with Gasteiger partial charge in [-0.2, -0.15) is 5.10 Å². The predicted octanol–water partition coefficient (Wildman–Crippen LogP) is 3.68. The van der Waals surface area contributed by atoms with Crippen LogP contribution in [-0.2, 0) is 6.54 Å². The Morgan fingerprint density at radius 3 is 2.80 bits per heavy atom. The molecule has 0 aliphatic carbocycles. The van der Waals surface area contributed by atoms with E-state index in [0.29, 0.717) is 17.8 Å². The summed E-state index contributed by atoms with van der Waals surface area (Å²) in [4.78, 5) is 19.8. The van der Waals surface area contributed by atoms with E-state index in [2.05, 4.69) is 38.2 Å². The summed E-state index contributed by atoms with van der Waals surface area (Å²) in [5, 5.41) is 12.1. The number of furan rings is 1. The summed E-state index contributed by atoms with van der Waals surface area (Å²) < 4.78 is 5.61. The number of anilines is 2. The molecule has 6 rings (SSSR count). The van der Waals surface area contributed by atoms with Gasteiger partial charge < -0.3 is 4.42 Å². The van der Waals surface area contributed by atoms with E-state index >= 15 is 0 Å². The molecule has 2 aliphatic heterocycles. The Kier molecular flexibility index (Phi) is 3.57. The van der Waals surface area contributed by atoms with Crippen molar-refractivity contribution in [2.45, 2.75) is 19.5 Å². The SMILES string of the molecule is CC1C=C2N(c3ccccc3)C(=O)c3cnc4[nH]ncc4c3N2N1Cc1ccco1. The molecule has 8 heteroatoms. The number of carbonyl (C=O) groups excluding carboxylic acids is 1. The van der Waals surface area contributed by atoms with Crippen LogP contribution < -0.4 is 9.91 Å². The number of nitrogens with zero attached hydrogens (tertiary/aromatic N) is 5. The average molecular weight is 398 g/mol. The van der Waals surface area contributed by atoms with Crippen molar-refractivity contribution in [3.63, 3.8) is 0 Å². The maximum absolute atomic E-state index is 13.6. The summed E-state index contributed by atoms with van der Waals surface area (Å²) in [5.41, 5.74) is 2.77. The first-order valence-corrected chi connectivity index (χ1v) is 9.75. The molecule has 1 atom stereocenters. The number of hydrazine groups is 1. The summed E-state index contributed by atoms with van der Waals surface area (Å²) >= 11 is 0. The van der Waals surface area contributed by atoms with Crippen molar-refractivity contribution in [1.82, 2.24) is 20.2 Å². The number of fused-ring (bicyclic) bond motifs is 5. The van der Waals surface area contributed by atoms with Gasteiger partial charge in [-0.05, 0) is 37.3 Å². The molecule has 0 radical (unpaired) electrons. The number of hydrogen-bond acceptors (Lipinski definition) is 6. The Morgan fingerprint density at radius 2 is 2.00 bits per heavy atom. The molecule has 0 saturated carbocycles. The number of H-pyrrole nitrogens is 1. The van der Waals surface area contributed by atoms with Gasteiger partial charge in [0.1, 0.15) is 11.6 Å². The van der Waals surface area contributed by atoms with Gasteiger partial charge in [0.25, 0.3) is 5.91 Å². The summed E-state index contributed by atoms with van der Waals surface area (Å²) in [5.74, 6) is 1.53. The third-order valence-electron chi connectivity index (χ3n) is 5.57. The monoisotopic (exact) mass is 398 g/mol. The van der Waals surface area contributed by atoms with Gasteiger partial charge in [-0.15, -0.1) is 0 Å². The third kappa shape index (κ3) is 2.34. The van der Waals surface area contributed by atoms with Crippen LogP contribution in [0.4, 0.5) is 11.4 Å². The van der Waals surface area contributed by atoms with Crippen molar-refractivity contribution in [3.8, 4) is 0 Å². The van der Waals surface area contributed by atoms with Crippen LogP contribution in [0.1, 0.15) is 23.0 Å². The van der Waals surface area contributed by atoms with Crippen LogP contribution in [0.25, 0.3) is 11.0 Å². The minimum absolute atomic E-state index is 0.0465. The second-order valence-corrected chi connectivity index (χ2v) is 7.38. The fraction of sp³-hybridized carbons (Fsp3) is 0.136. The molecule has 0 bridgehead atoms. The van der Waals surface area contributed by atoms with Crippen LogP contribution in [0.3, 0.4) is 0 Å². The molecular formula is C22H18N6O2. The predicted molar refractivity (Wildman–Crippen MR) is 111 cm³/mol. The minimum Gasteiger partial charge on any atom is -0.468 e. The van der Waals surface area contributed by atoms with Crippen molar-refractivity contribution in [2.75, 3.05) is 9.91 Å². The van der Waals surface area contributed by atoms with Gasteiger partial charge in [0, 0.05) is 12.2 Å². The first-order chi connectivity index (χ1) is 14.7. The Balaban J connectivity index is 1.58. The van der Waals surface area contributed by atoms with Gasteiger partial charge in [0.2, 0.25) is 0 Å². The topological polar surface area (TPSA) is 81.5 Å². The molecule has 0 saturated heterocycles. The molecule has 1 aromatic carbocycles. The number of pyridine rings is 1. The standard InChI is InChI=1S/C22H18N6O2/c1-14-10-19-27(15-6-3-2-4-7-15)22(29)18-11-23-21-17(12-24-25-21)20(18)28(19)26(14)13-16-8-5-9-30-16/h2-12,14H,13H2,1H3,(H,23,24,25). The van der Waals surface area contributed by atoms with Crippen molar-refractivity contribution in [3.05, 3.63) is 84.3 Å². The molecule has 3 aromatic heterocycles. The van der Waals surface area contributed by atoms with E-state index in [1.807, 2.05) is 42.5 Å². The number of carbonyl (C=O) groups is 1. The molecule has 1 N–H and O–H groups in total. The highest BCUT2D eigenvalue weighted by molar-refractivity contribution is 6.18. The van der Waals surface area contributed by atoms with Crippen LogP contribution in [0, 0.1) is 0 Å². The van der Waals surface area contributed by atoms with Gasteiger partial charge in [-0.3, -0.25) is 19.8 Å². The molecule has 2 aliphatic rings. The lowest BCUT2D eigenvalue weighted by molar-refractivity contribution is 0.0985. The molecule has 1 amide bonds. The van der Waals surface area contributed by atoms with Gasteiger partial charge in [-0.25, -0.2) is 9.99 Å². The fourth-order valence-corrected chi connectivity index (χ4v) is 4.20. The lowest BCUT2D eigenvalue weighted by atomic mass is 10.1. The highest BCUT2D eigenvalue weighted by Gasteiger charge is 2.44. The molecule has 4 aromatic rings. The van der Waals surface area contributed by atoms with E-state index < -0.39 is 0 Å². The second kappa shape index (κ2) is 6.30. The fourth-order valence-electron chi connectivity index (χ4n) is 4.20. The maximum atomic E-state index is 13.6. The van der Waals surface area contributed by atoms with Crippen molar-refractivity contribution >= 4 is 28.3 Å². The first-order valence-electron chi connectivity index (χ1n) is 9.75. The lowest BCUT2D eigenvalue weighted by Gasteiger charge is -2.41. The molecule has 0 fully saturated rings. The largest absolute Gasteiger partial charge is 0.468 e. The Labute approximate surface area is 172 Å². The molecule has 5 heterocycles. The summed E-state index contributed by atoms with van der Waals surface area (Å²) in [7, 11) is 0. The lowest BCUT2D eigenvalue weighted by Crippen LogP contribution is -2.50. The molecule has 8 nitrogen and oxygen atoms in total. The number of aromatic amines is 1. The number of rotatable bonds is 3. The Bertz CT molecular complexity index is 1280. The van der Waals surface area contributed by atoms with Gasteiger partial charge in [-0.1, -0.05) is 18.2 Å². The molecule has 148 valence electrons. The molecule has 0 spiro atoms. The number of nitrogens with one attached hydrogen (secondary N) is 1. The van der Waals surface area contributed by atoms with Crippen LogP contribution in [0.5, 0.6) is 0 Å². The van der Waals surface area contributed by atoms with Crippen molar-refractivity contribution in [2.24, 2.45) is 0 Å². The third-order valence-corrected chi connectivity index (χ3v) is 5.57. The number of amides is 1. The van der Waals surface area contributed by atoms with E-state index in [9.17, 15) is 4.79 Å².